The minimum atomic E-state index is 0.167. The highest BCUT2D eigenvalue weighted by Crippen LogP contribution is 2.30. The average molecular weight is 308 g/mol. The monoisotopic (exact) mass is 307 g/mol. The molecule has 1 N–H and O–H groups in total. The fourth-order valence-electron chi connectivity index (χ4n) is 2.34. The first-order valence-corrected chi connectivity index (χ1v) is 6.82. The summed E-state index contributed by atoms with van der Waals surface area (Å²) in [4.78, 5) is 0. The van der Waals surface area contributed by atoms with E-state index in [0.29, 0.717) is 0 Å². The van der Waals surface area contributed by atoms with E-state index < -0.39 is 0 Å². The summed E-state index contributed by atoms with van der Waals surface area (Å²) in [6, 6.07) is 8.64. The van der Waals surface area contributed by atoms with Crippen molar-refractivity contribution in [1.29, 1.82) is 0 Å². The van der Waals surface area contributed by atoms with Crippen LogP contribution in [0.4, 0.5) is 0 Å². The van der Waals surface area contributed by atoms with Gasteiger partial charge in [-0.2, -0.15) is 0 Å². The molecule has 2 aromatic rings. The summed E-state index contributed by atoms with van der Waals surface area (Å²) in [6.07, 6.45) is 0. The first-order chi connectivity index (χ1) is 8.52. The molecule has 1 aromatic heterocycles. The maximum absolute atomic E-state index is 5.64. The molecule has 0 aliphatic carbocycles. The number of furan rings is 1. The Hall–Kier alpha value is -1.06. The summed E-state index contributed by atoms with van der Waals surface area (Å²) in [6.45, 7) is 6.13. The lowest BCUT2D eigenvalue weighted by atomic mass is 9.95. The van der Waals surface area contributed by atoms with Crippen molar-refractivity contribution in [2.24, 2.45) is 0 Å². The highest BCUT2D eigenvalue weighted by atomic mass is 79.9. The van der Waals surface area contributed by atoms with Gasteiger partial charge in [0.25, 0.3) is 0 Å². The maximum atomic E-state index is 5.64. The van der Waals surface area contributed by atoms with Crippen molar-refractivity contribution in [3.63, 3.8) is 0 Å². The molecule has 0 saturated heterocycles. The van der Waals surface area contributed by atoms with E-state index in [1.807, 2.05) is 20.9 Å². The lowest BCUT2D eigenvalue weighted by Crippen LogP contribution is -2.19. The predicted octanol–water partition coefficient (Wildman–Crippen LogP) is 4.28. The third-order valence-electron chi connectivity index (χ3n) is 3.23. The van der Waals surface area contributed by atoms with Gasteiger partial charge < -0.3 is 9.73 Å². The van der Waals surface area contributed by atoms with Crippen molar-refractivity contribution in [3.05, 3.63) is 56.9 Å². The molecule has 1 atom stereocenters. The topological polar surface area (TPSA) is 25.2 Å². The van der Waals surface area contributed by atoms with E-state index in [1.165, 1.54) is 16.7 Å². The van der Waals surface area contributed by atoms with Crippen LogP contribution in [-0.4, -0.2) is 7.05 Å². The number of halogens is 1. The number of benzene rings is 1. The molecule has 96 valence electrons. The summed E-state index contributed by atoms with van der Waals surface area (Å²) in [5.74, 6) is 1.93. The summed E-state index contributed by atoms with van der Waals surface area (Å²) in [5.41, 5.74) is 3.75. The summed E-state index contributed by atoms with van der Waals surface area (Å²) in [7, 11) is 1.98. The molecule has 3 heteroatoms. The number of rotatable bonds is 3. The molecule has 0 spiro atoms. The number of aryl methyl sites for hydroxylation is 3. The van der Waals surface area contributed by atoms with Crippen LogP contribution < -0.4 is 5.32 Å². The molecule has 0 saturated carbocycles. The minimum absolute atomic E-state index is 0.167. The van der Waals surface area contributed by atoms with Gasteiger partial charge in [-0.1, -0.05) is 22.0 Å². The third kappa shape index (κ3) is 2.52. The third-order valence-corrected chi connectivity index (χ3v) is 3.72. The minimum Gasteiger partial charge on any atom is -0.466 e. The molecule has 2 rings (SSSR count). The van der Waals surface area contributed by atoms with Gasteiger partial charge in [-0.3, -0.25) is 0 Å². The van der Waals surface area contributed by atoms with E-state index in [1.54, 1.807) is 0 Å². The highest BCUT2D eigenvalue weighted by Gasteiger charge is 2.19. The molecule has 0 radical (unpaired) electrons. The van der Waals surface area contributed by atoms with Crippen LogP contribution in [0.5, 0.6) is 0 Å². The molecule has 0 fully saturated rings. The van der Waals surface area contributed by atoms with E-state index >= 15 is 0 Å². The first kappa shape index (κ1) is 13.4. The molecule has 1 heterocycles. The zero-order chi connectivity index (χ0) is 13.3. The lowest BCUT2D eigenvalue weighted by Gasteiger charge is -2.18. The maximum Gasteiger partial charge on any atom is 0.106 e. The van der Waals surface area contributed by atoms with Gasteiger partial charge in [-0.25, -0.2) is 0 Å². The summed E-state index contributed by atoms with van der Waals surface area (Å²) < 4.78 is 6.74. The van der Waals surface area contributed by atoms with Gasteiger partial charge in [-0.05, 0) is 57.1 Å². The van der Waals surface area contributed by atoms with Crippen LogP contribution in [-0.2, 0) is 0 Å². The second kappa shape index (κ2) is 5.29. The van der Waals surface area contributed by atoms with Gasteiger partial charge in [0.2, 0.25) is 0 Å². The Balaban J connectivity index is 2.51. The van der Waals surface area contributed by atoms with Crippen LogP contribution in [0.25, 0.3) is 0 Å². The van der Waals surface area contributed by atoms with Crippen LogP contribution in [0.1, 0.15) is 34.3 Å². The Kier molecular flexibility index (Phi) is 3.93. The Morgan fingerprint density at radius 1 is 1.11 bits per heavy atom. The van der Waals surface area contributed by atoms with Crippen molar-refractivity contribution >= 4 is 15.9 Å². The number of hydrogen-bond acceptors (Lipinski definition) is 2. The largest absolute Gasteiger partial charge is 0.466 e. The van der Waals surface area contributed by atoms with E-state index in [0.717, 1.165) is 16.0 Å². The highest BCUT2D eigenvalue weighted by molar-refractivity contribution is 9.10. The van der Waals surface area contributed by atoms with Gasteiger partial charge in [0.15, 0.2) is 0 Å². The Bertz CT molecular complexity index is 560. The van der Waals surface area contributed by atoms with Gasteiger partial charge in [0.1, 0.15) is 11.5 Å². The van der Waals surface area contributed by atoms with Crippen LogP contribution in [0.2, 0.25) is 0 Å². The molecule has 0 aliphatic heterocycles. The molecule has 0 aliphatic rings. The van der Waals surface area contributed by atoms with Crippen molar-refractivity contribution in [1.82, 2.24) is 5.32 Å². The van der Waals surface area contributed by atoms with Gasteiger partial charge in [0.05, 0.1) is 6.04 Å². The van der Waals surface area contributed by atoms with Crippen molar-refractivity contribution in [2.75, 3.05) is 7.05 Å². The molecular weight excluding hydrogens is 290 g/mol. The predicted molar refractivity (Wildman–Crippen MR) is 78.0 cm³/mol. The van der Waals surface area contributed by atoms with Crippen LogP contribution in [0.3, 0.4) is 0 Å². The van der Waals surface area contributed by atoms with Gasteiger partial charge in [-0.15, -0.1) is 0 Å². The van der Waals surface area contributed by atoms with Gasteiger partial charge in [0, 0.05) is 10.0 Å². The smallest absolute Gasteiger partial charge is 0.106 e. The summed E-state index contributed by atoms with van der Waals surface area (Å²) in [5, 5.41) is 3.38. The second-order valence-corrected chi connectivity index (χ2v) is 5.51. The van der Waals surface area contributed by atoms with E-state index in [2.05, 4.69) is 52.4 Å². The fraction of sp³-hybridized carbons (Fsp3) is 0.333. The zero-order valence-electron chi connectivity index (χ0n) is 11.2. The molecule has 1 aromatic carbocycles. The van der Waals surface area contributed by atoms with E-state index in [-0.39, 0.29) is 6.04 Å². The molecule has 0 bridgehead atoms. The number of hydrogen-bond donors (Lipinski definition) is 1. The average Bonchev–Trinajstić information content (AvgIpc) is 2.64. The van der Waals surface area contributed by atoms with E-state index in [4.69, 9.17) is 4.42 Å². The molecule has 0 amide bonds. The summed E-state index contributed by atoms with van der Waals surface area (Å²) >= 11 is 3.54. The van der Waals surface area contributed by atoms with Crippen LogP contribution in [0, 0.1) is 20.8 Å². The number of nitrogens with one attached hydrogen (secondary N) is 1. The SMILES string of the molecule is CNC(c1cc(Br)ccc1C)c1cc(C)oc1C. The van der Waals surface area contributed by atoms with Crippen LogP contribution in [0.15, 0.2) is 33.2 Å². The Labute approximate surface area is 117 Å². The normalized spacial score (nSPS) is 12.7. The fourth-order valence-corrected chi connectivity index (χ4v) is 2.72. The Morgan fingerprint density at radius 3 is 2.39 bits per heavy atom. The quantitative estimate of drug-likeness (QED) is 0.915. The lowest BCUT2D eigenvalue weighted by molar-refractivity contribution is 0.496. The zero-order valence-corrected chi connectivity index (χ0v) is 12.8. The molecule has 2 nitrogen and oxygen atoms in total. The van der Waals surface area contributed by atoms with Crippen LogP contribution >= 0.6 is 15.9 Å². The molecule has 18 heavy (non-hydrogen) atoms. The van der Waals surface area contributed by atoms with E-state index in [9.17, 15) is 0 Å². The molecule has 1 unspecified atom stereocenters. The first-order valence-electron chi connectivity index (χ1n) is 6.03. The Morgan fingerprint density at radius 2 is 1.83 bits per heavy atom. The standard InChI is InChI=1S/C15H18BrNO/c1-9-5-6-12(16)8-13(9)15(17-4)14-7-10(2)18-11(14)3/h5-8,15,17H,1-4H3. The van der Waals surface area contributed by atoms with Crippen molar-refractivity contribution in [2.45, 2.75) is 26.8 Å². The van der Waals surface area contributed by atoms with Gasteiger partial charge >= 0.3 is 0 Å². The van der Waals surface area contributed by atoms with Crippen molar-refractivity contribution in [3.8, 4) is 0 Å². The molecular formula is C15H18BrNO. The second-order valence-electron chi connectivity index (χ2n) is 4.59. The van der Waals surface area contributed by atoms with Crippen molar-refractivity contribution < 1.29 is 4.42 Å².